The van der Waals surface area contributed by atoms with Crippen molar-refractivity contribution < 1.29 is 4.79 Å². The molecule has 5 heteroatoms. The standard InChI is InChI=1S/C21H24N4O/c1-3-17-4-6-18(7-5-17)14-24(2)21(26)23-20-10-8-19(9-11-20)15-25-13-12-22-16-25/h4-13,16H,3,14-15H2,1-2H3,(H,23,26). The van der Waals surface area contributed by atoms with Crippen molar-refractivity contribution in [1.82, 2.24) is 14.5 Å². The third-order valence-electron chi connectivity index (χ3n) is 4.33. The predicted octanol–water partition coefficient (Wildman–Crippen LogP) is 4.16. The molecule has 2 aromatic carbocycles. The number of anilines is 1. The second kappa shape index (κ2) is 8.34. The van der Waals surface area contributed by atoms with Crippen LogP contribution >= 0.6 is 0 Å². The Kier molecular flexibility index (Phi) is 5.69. The lowest BCUT2D eigenvalue weighted by Crippen LogP contribution is -2.30. The SMILES string of the molecule is CCc1ccc(CN(C)C(=O)Nc2ccc(Cn3ccnc3)cc2)cc1. The summed E-state index contributed by atoms with van der Waals surface area (Å²) in [5.41, 5.74) is 4.37. The lowest BCUT2D eigenvalue weighted by molar-refractivity contribution is 0.220. The number of imidazole rings is 1. The van der Waals surface area contributed by atoms with Crippen LogP contribution in [-0.4, -0.2) is 27.5 Å². The number of amides is 2. The number of hydrogen-bond acceptors (Lipinski definition) is 2. The number of nitrogens with one attached hydrogen (secondary N) is 1. The lowest BCUT2D eigenvalue weighted by atomic mass is 10.1. The fraction of sp³-hybridized carbons (Fsp3) is 0.238. The van der Waals surface area contributed by atoms with Gasteiger partial charge in [-0.1, -0.05) is 43.3 Å². The summed E-state index contributed by atoms with van der Waals surface area (Å²) in [6, 6.07) is 16.1. The van der Waals surface area contributed by atoms with Crippen molar-refractivity contribution in [3.8, 4) is 0 Å². The first kappa shape index (κ1) is 17.7. The number of aromatic nitrogens is 2. The van der Waals surface area contributed by atoms with Gasteiger partial charge in [0.1, 0.15) is 0 Å². The van der Waals surface area contributed by atoms with E-state index in [1.54, 1.807) is 24.5 Å². The first-order chi connectivity index (χ1) is 12.6. The Labute approximate surface area is 154 Å². The van der Waals surface area contributed by atoms with Crippen molar-refractivity contribution in [3.05, 3.63) is 83.9 Å². The quantitative estimate of drug-likeness (QED) is 0.727. The molecule has 0 radical (unpaired) electrons. The second-order valence-electron chi connectivity index (χ2n) is 6.39. The van der Waals surface area contributed by atoms with Gasteiger partial charge in [0.05, 0.1) is 6.33 Å². The molecule has 0 spiro atoms. The van der Waals surface area contributed by atoms with Gasteiger partial charge in [-0.15, -0.1) is 0 Å². The molecule has 0 saturated carbocycles. The van der Waals surface area contributed by atoms with E-state index in [1.165, 1.54) is 5.56 Å². The van der Waals surface area contributed by atoms with Crippen LogP contribution in [0.5, 0.6) is 0 Å². The average molecular weight is 348 g/mol. The van der Waals surface area contributed by atoms with Crippen LogP contribution in [-0.2, 0) is 19.5 Å². The number of carbonyl (C=O) groups is 1. The lowest BCUT2D eigenvalue weighted by Gasteiger charge is -2.18. The zero-order valence-corrected chi connectivity index (χ0v) is 15.2. The molecule has 134 valence electrons. The van der Waals surface area contributed by atoms with E-state index in [4.69, 9.17) is 0 Å². The van der Waals surface area contributed by atoms with Crippen molar-refractivity contribution in [2.45, 2.75) is 26.4 Å². The molecule has 26 heavy (non-hydrogen) atoms. The Morgan fingerprint density at radius 3 is 2.31 bits per heavy atom. The first-order valence-corrected chi connectivity index (χ1v) is 8.78. The van der Waals surface area contributed by atoms with Gasteiger partial charge in [-0.2, -0.15) is 0 Å². The van der Waals surface area contributed by atoms with E-state index in [0.717, 1.165) is 29.8 Å². The fourth-order valence-electron chi connectivity index (χ4n) is 2.73. The van der Waals surface area contributed by atoms with Crippen LogP contribution in [0.3, 0.4) is 0 Å². The second-order valence-corrected chi connectivity index (χ2v) is 6.39. The summed E-state index contributed by atoms with van der Waals surface area (Å²) in [6.07, 6.45) is 6.50. The highest BCUT2D eigenvalue weighted by Gasteiger charge is 2.09. The molecule has 0 atom stereocenters. The number of benzene rings is 2. The van der Waals surface area contributed by atoms with Crippen molar-refractivity contribution in [1.29, 1.82) is 0 Å². The minimum absolute atomic E-state index is 0.119. The Morgan fingerprint density at radius 1 is 1.04 bits per heavy atom. The van der Waals surface area contributed by atoms with Gasteiger partial charge in [0, 0.05) is 38.2 Å². The number of hydrogen-bond donors (Lipinski definition) is 1. The molecule has 0 saturated heterocycles. The third-order valence-corrected chi connectivity index (χ3v) is 4.33. The highest BCUT2D eigenvalue weighted by molar-refractivity contribution is 5.89. The molecule has 1 N–H and O–H groups in total. The van der Waals surface area contributed by atoms with E-state index in [1.807, 2.05) is 35.0 Å². The fourth-order valence-corrected chi connectivity index (χ4v) is 2.73. The number of rotatable bonds is 6. The average Bonchev–Trinajstić information content (AvgIpc) is 3.17. The topological polar surface area (TPSA) is 50.2 Å². The maximum Gasteiger partial charge on any atom is 0.321 e. The molecule has 0 fully saturated rings. The summed E-state index contributed by atoms with van der Waals surface area (Å²) < 4.78 is 2.01. The van der Waals surface area contributed by atoms with Gasteiger partial charge in [-0.3, -0.25) is 0 Å². The van der Waals surface area contributed by atoms with Crippen LogP contribution in [0.15, 0.2) is 67.3 Å². The molecule has 0 aliphatic heterocycles. The number of carbonyl (C=O) groups excluding carboxylic acids is 1. The van der Waals surface area contributed by atoms with Crippen molar-refractivity contribution in [2.24, 2.45) is 0 Å². The Balaban J connectivity index is 1.54. The van der Waals surface area contributed by atoms with Crippen LogP contribution in [0.2, 0.25) is 0 Å². The van der Waals surface area contributed by atoms with Gasteiger partial charge >= 0.3 is 6.03 Å². The molecular formula is C21H24N4O. The van der Waals surface area contributed by atoms with Gasteiger partial charge in [0.2, 0.25) is 0 Å². The van der Waals surface area contributed by atoms with Crippen LogP contribution in [0, 0.1) is 0 Å². The van der Waals surface area contributed by atoms with E-state index >= 15 is 0 Å². The maximum absolute atomic E-state index is 12.4. The molecule has 2 amide bonds. The summed E-state index contributed by atoms with van der Waals surface area (Å²) >= 11 is 0. The summed E-state index contributed by atoms with van der Waals surface area (Å²) in [7, 11) is 1.80. The Bertz CT molecular complexity index is 823. The minimum Gasteiger partial charge on any atom is -0.333 e. The van der Waals surface area contributed by atoms with E-state index < -0.39 is 0 Å². The van der Waals surface area contributed by atoms with Gasteiger partial charge in [-0.05, 0) is 35.2 Å². The monoisotopic (exact) mass is 348 g/mol. The zero-order valence-electron chi connectivity index (χ0n) is 15.2. The number of nitrogens with zero attached hydrogens (tertiary/aromatic N) is 3. The summed E-state index contributed by atoms with van der Waals surface area (Å²) in [5, 5.41) is 2.94. The molecular weight excluding hydrogens is 324 g/mol. The van der Waals surface area contributed by atoms with E-state index in [0.29, 0.717) is 6.54 Å². The van der Waals surface area contributed by atoms with Crippen molar-refractivity contribution >= 4 is 11.7 Å². The normalized spacial score (nSPS) is 10.5. The highest BCUT2D eigenvalue weighted by atomic mass is 16.2. The summed E-state index contributed by atoms with van der Waals surface area (Å²) in [4.78, 5) is 18.1. The van der Waals surface area contributed by atoms with Crippen LogP contribution in [0.1, 0.15) is 23.6 Å². The Morgan fingerprint density at radius 2 is 1.69 bits per heavy atom. The summed E-state index contributed by atoms with van der Waals surface area (Å²) in [5.74, 6) is 0. The molecule has 3 rings (SSSR count). The number of aryl methyl sites for hydroxylation is 1. The molecule has 1 aromatic heterocycles. The van der Waals surface area contributed by atoms with Gasteiger partial charge in [0.15, 0.2) is 0 Å². The Hall–Kier alpha value is -3.08. The third kappa shape index (κ3) is 4.72. The van der Waals surface area contributed by atoms with Crippen molar-refractivity contribution in [3.63, 3.8) is 0 Å². The van der Waals surface area contributed by atoms with Crippen LogP contribution in [0.4, 0.5) is 10.5 Å². The molecule has 0 aliphatic rings. The molecule has 1 heterocycles. The van der Waals surface area contributed by atoms with Gasteiger partial charge in [0.25, 0.3) is 0 Å². The summed E-state index contributed by atoms with van der Waals surface area (Å²) in [6.45, 7) is 3.48. The largest absolute Gasteiger partial charge is 0.333 e. The first-order valence-electron chi connectivity index (χ1n) is 8.78. The predicted molar refractivity (Wildman–Crippen MR) is 104 cm³/mol. The van der Waals surface area contributed by atoms with Crippen molar-refractivity contribution in [2.75, 3.05) is 12.4 Å². The highest BCUT2D eigenvalue weighted by Crippen LogP contribution is 2.13. The molecule has 0 unspecified atom stereocenters. The van der Waals surface area contributed by atoms with E-state index in [2.05, 4.69) is 41.5 Å². The minimum atomic E-state index is -0.119. The van der Waals surface area contributed by atoms with E-state index in [9.17, 15) is 4.79 Å². The molecule has 0 bridgehead atoms. The zero-order chi connectivity index (χ0) is 18.4. The van der Waals surface area contributed by atoms with Gasteiger partial charge < -0.3 is 14.8 Å². The smallest absolute Gasteiger partial charge is 0.321 e. The number of urea groups is 1. The van der Waals surface area contributed by atoms with Crippen LogP contribution < -0.4 is 5.32 Å². The van der Waals surface area contributed by atoms with Gasteiger partial charge in [-0.25, -0.2) is 9.78 Å². The molecule has 5 nitrogen and oxygen atoms in total. The molecule has 0 aliphatic carbocycles. The maximum atomic E-state index is 12.4. The van der Waals surface area contributed by atoms with E-state index in [-0.39, 0.29) is 6.03 Å². The molecule has 3 aromatic rings. The van der Waals surface area contributed by atoms with Crippen LogP contribution in [0.25, 0.3) is 0 Å².